The van der Waals surface area contributed by atoms with Crippen LogP contribution in [0.1, 0.15) is 27.2 Å². The van der Waals surface area contributed by atoms with Crippen molar-refractivity contribution >= 4 is 17.4 Å². The first-order valence-corrected chi connectivity index (χ1v) is 7.59. The van der Waals surface area contributed by atoms with Crippen molar-refractivity contribution in [2.45, 2.75) is 50.0 Å². The molecule has 21 heavy (non-hydrogen) atoms. The summed E-state index contributed by atoms with van der Waals surface area (Å²) in [6.45, 7) is 6.44. The third-order valence-corrected chi connectivity index (χ3v) is 3.51. The summed E-state index contributed by atoms with van der Waals surface area (Å²) in [6.07, 6.45) is 0.841. The van der Waals surface area contributed by atoms with Crippen LogP contribution in [0.25, 0.3) is 0 Å². The van der Waals surface area contributed by atoms with E-state index in [1.165, 1.54) is 11.8 Å². The summed E-state index contributed by atoms with van der Waals surface area (Å²) in [4.78, 5) is 16.0. The number of rotatable bonds is 6. The molecule has 8 heteroatoms. The summed E-state index contributed by atoms with van der Waals surface area (Å²) in [5.41, 5.74) is 6.11. The zero-order chi connectivity index (χ0) is 15.4. The second-order valence-corrected chi connectivity index (χ2v) is 5.76. The first kappa shape index (κ1) is 15.4. The number of hydrogen-bond donors (Lipinski definition) is 2. The number of aromatic amines is 1. The summed E-state index contributed by atoms with van der Waals surface area (Å²) in [7, 11) is 0. The molecule has 2 aromatic rings. The van der Waals surface area contributed by atoms with Crippen molar-refractivity contribution in [3.05, 3.63) is 22.6 Å². The van der Waals surface area contributed by atoms with Gasteiger partial charge in [-0.2, -0.15) is 0 Å². The molecule has 0 aliphatic carbocycles. The Morgan fingerprint density at radius 1 is 1.48 bits per heavy atom. The minimum Gasteiger partial charge on any atom is -0.473 e. The van der Waals surface area contributed by atoms with E-state index in [9.17, 15) is 4.79 Å². The number of nitrogens with zero attached hydrogens (tertiary/aromatic N) is 3. The monoisotopic (exact) mass is 309 g/mol. The molecule has 0 bridgehead atoms. The highest BCUT2D eigenvalue weighted by molar-refractivity contribution is 7.99. The van der Waals surface area contributed by atoms with Gasteiger partial charge in [0, 0.05) is 6.54 Å². The summed E-state index contributed by atoms with van der Waals surface area (Å²) in [5.74, 6) is 0.398. The molecule has 0 fully saturated rings. The van der Waals surface area contributed by atoms with Crippen molar-refractivity contribution in [1.29, 1.82) is 0 Å². The lowest BCUT2D eigenvalue weighted by atomic mass is 10.4. The molecule has 0 spiro atoms. The van der Waals surface area contributed by atoms with Crippen LogP contribution in [0.4, 0.5) is 5.69 Å². The molecule has 3 N–H and O–H groups in total. The van der Waals surface area contributed by atoms with Gasteiger partial charge in [-0.05, 0) is 44.2 Å². The number of nitrogens with two attached hydrogens (primary N) is 1. The second-order valence-electron chi connectivity index (χ2n) is 4.78. The van der Waals surface area contributed by atoms with Crippen molar-refractivity contribution in [3.63, 3.8) is 0 Å². The highest BCUT2D eigenvalue weighted by Gasteiger charge is 2.12. The molecular formula is C13H19N5O2S. The number of ether oxygens (including phenoxy) is 1. The van der Waals surface area contributed by atoms with Gasteiger partial charge in [-0.25, -0.2) is 14.9 Å². The average molecular weight is 309 g/mol. The lowest BCUT2D eigenvalue weighted by molar-refractivity contribution is 0.232. The van der Waals surface area contributed by atoms with Gasteiger partial charge >= 0.3 is 5.69 Å². The predicted octanol–water partition coefficient (Wildman–Crippen LogP) is 1.90. The summed E-state index contributed by atoms with van der Waals surface area (Å²) in [6, 6.07) is 3.52. The number of nitrogen functional groups attached to an aromatic ring is 1. The van der Waals surface area contributed by atoms with Gasteiger partial charge in [0.05, 0.1) is 11.8 Å². The third kappa shape index (κ3) is 3.78. The van der Waals surface area contributed by atoms with Crippen LogP contribution in [0, 0.1) is 0 Å². The van der Waals surface area contributed by atoms with Crippen LogP contribution in [0.3, 0.4) is 0 Å². The van der Waals surface area contributed by atoms with Gasteiger partial charge in [0.15, 0.2) is 5.16 Å². The van der Waals surface area contributed by atoms with E-state index in [2.05, 4.69) is 15.2 Å². The number of pyridine rings is 1. The predicted molar refractivity (Wildman–Crippen MR) is 81.7 cm³/mol. The Kier molecular flexibility index (Phi) is 4.89. The van der Waals surface area contributed by atoms with E-state index < -0.39 is 0 Å². The van der Waals surface area contributed by atoms with Crippen molar-refractivity contribution in [2.24, 2.45) is 0 Å². The van der Waals surface area contributed by atoms with Gasteiger partial charge in [-0.1, -0.05) is 6.92 Å². The average Bonchev–Trinajstić information content (AvgIpc) is 2.75. The molecule has 0 aromatic carbocycles. The first-order valence-electron chi connectivity index (χ1n) is 6.77. The Hall–Kier alpha value is -1.96. The lowest BCUT2D eigenvalue weighted by Crippen LogP contribution is -2.17. The Bertz CT molecular complexity index is 665. The number of nitrogens with one attached hydrogen (secondary N) is 1. The molecule has 7 nitrogen and oxygen atoms in total. The summed E-state index contributed by atoms with van der Waals surface area (Å²) < 4.78 is 7.15. The lowest BCUT2D eigenvalue weighted by Gasteiger charge is -2.11. The number of anilines is 1. The highest BCUT2D eigenvalue weighted by atomic mass is 32.2. The van der Waals surface area contributed by atoms with Crippen LogP contribution in [-0.2, 0) is 6.54 Å². The number of aromatic nitrogens is 4. The number of hydrogen-bond acceptors (Lipinski definition) is 6. The molecule has 0 unspecified atom stereocenters. The van der Waals surface area contributed by atoms with E-state index in [0.29, 0.717) is 28.3 Å². The van der Waals surface area contributed by atoms with E-state index in [1.807, 2.05) is 20.8 Å². The molecule has 2 rings (SSSR count). The maximum absolute atomic E-state index is 11.7. The molecule has 0 atom stereocenters. The van der Waals surface area contributed by atoms with Crippen molar-refractivity contribution in [1.82, 2.24) is 19.7 Å². The first-order chi connectivity index (χ1) is 10.0. The van der Waals surface area contributed by atoms with E-state index in [-0.39, 0.29) is 11.8 Å². The van der Waals surface area contributed by atoms with Gasteiger partial charge in [-0.3, -0.25) is 4.57 Å². The SMILES string of the molecule is CCCn1c(Sc2ccc(N)c(OC(C)C)n2)n[nH]c1=O. The van der Waals surface area contributed by atoms with Gasteiger partial charge in [0.1, 0.15) is 5.03 Å². The van der Waals surface area contributed by atoms with Crippen LogP contribution < -0.4 is 16.2 Å². The molecule has 0 saturated heterocycles. The van der Waals surface area contributed by atoms with Crippen molar-refractivity contribution < 1.29 is 4.74 Å². The van der Waals surface area contributed by atoms with Crippen LogP contribution in [0.15, 0.2) is 27.1 Å². The molecule has 2 heterocycles. The molecule has 2 aromatic heterocycles. The Morgan fingerprint density at radius 3 is 2.90 bits per heavy atom. The molecule has 114 valence electrons. The fourth-order valence-electron chi connectivity index (χ4n) is 1.70. The van der Waals surface area contributed by atoms with E-state index in [1.54, 1.807) is 16.7 Å². The topological polar surface area (TPSA) is 98.8 Å². The van der Waals surface area contributed by atoms with E-state index in [0.717, 1.165) is 6.42 Å². The van der Waals surface area contributed by atoms with Gasteiger partial charge in [0.2, 0.25) is 5.88 Å². The summed E-state index contributed by atoms with van der Waals surface area (Å²) in [5, 5.41) is 7.73. The molecular weight excluding hydrogens is 290 g/mol. The quantitative estimate of drug-likeness (QED) is 0.845. The van der Waals surface area contributed by atoms with Crippen LogP contribution in [0.5, 0.6) is 5.88 Å². The molecule has 0 aliphatic heterocycles. The van der Waals surface area contributed by atoms with Crippen LogP contribution >= 0.6 is 11.8 Å². The van der Waals surface area contributed by atoms with Crippen molar-refractivity contribution in [3.8, 4) is 5.88 Å². The Morgan fingerprint density at radius 2 is 2.24 bits per heavy atom. The zero-order valence-corrected chi connectivity index (χ0v) is 13.1. The van der Waals surface area contributed by atoms with Gasteiger partial charge in [-0.15, -0.1) is 5.10 Å². The van der Waals surface area contributed by atoms with E-state index >= 15 is 0 Å². The normalized spacial score (nSPS) is 11.0. The fraction of sp³-hybridized carbons (Fsp3) is 0.462. The highest BCUT2D eigenvalue weighted by Crippen LogP contribution is 2.28. The zero-order valence-electron chi connectivity index (χ0n) is 12.3. The Labute approximate surface area is 126 Å². The minimum absolute atomic E-state index is 0.0105. The van der Waals surface area contributed by atoms with E-state index in [4.69, 9.17) is 10.5 Å². The second kappa shape index (κ2) is 6.66. The molecule has 0 amide bonds. The Balaban J connectivity index is 2.26. The summed E-state index contributed by atoms with van der Waals surface area (Å²) >= 11 is 1.30. The molecule has 0 saturated carbocycles. The molecule has 0 aliphatic rings. The van der Waals surface area contributed by atoms with Gasteiger partial charge < -0.3 is 10.5 Å². The maximum atomic E-state index is 11.7. The van der Waals surface area contributed by atoms with Gasteiger partial charge in [0.25, 0.3) is 0 Å². The van der Waals surface area contributed by atoms with Crippen molar-refractivity contribution in [2.75, 3.05) is 5.73 Å². The standard InChI is InChI=1S/C13H19N5O2S/c1-4-7-18-12(19)16-17-13(18)21-10-6-5-9(14)11(15-10)20-8(2)3/h5-6,8H,4,7,14H2,1-3H3,(H,16,19). The smallest absolute Gasteiger partial charge is 0.343 e. The molecule has 0 radical (unpaired) electrons. The minimum atomic E-state index is -0.214. The fourth-order valence-corrected chi connectivity index (χ4v) is 2.53. The largest absolute Gasteiger partial charge is 0.473 e. The third-order valence-electron chi connectivity index (χ3n) is 2.58. The number of H-pyrrole nitrogens is 1. The van der Waals surface area contributed by atoms with Crippen LogP contribution in [-0.4, -0.2) is 25.9 Å². The maximum Gasteiger partial charge on any atom is 0.343 e. The van der Waals surface area contributed by atoms with Crippen LogP contribution in [0.2, 0.25) is 0 Å².